The summed E-state index contributed by atoms with van der Waals surface area (Å²) in [4.78, 5) is 24.6. The number of carbonyl (C=O) groups excluding carboxylic acids is 1. The quantitative estimate of drug-likeness (QED) is 0.274. The van der Waals surface area contributed by atoms with Gasteiger partial charge in [-0.25, -0.2) is 9.59 Å². The van der Waals surface area contributed by atoms with Crippen molar-refractivity contribution in [2.24, 2.45) is 0 Å². The summed E-state index contributed by atoms with van der Waals surface area (Å²) in [6.07, 6.45) is 0.747. The second-order valence-electron chi connectivity index (χ2n) is 10.3. The molecule has 6 rings (SSSR count). The van der Waals surface area contributed by atoms with Crippen LogP contribution >= 0.6 is 0 Å². The van der Waals surface area contributed by atoms with Gasteiger partial charge in [0.15, 0.2) is 6.61 Å². The third-order valence-corrected chi connectivity index (χ3v) is 8.00. The molecule has 0 bridgehead atoms. The number of nitrogens with one attached hydrogen (secondary N) is 1. The molecule has 0 unspecified atom stereocenters. The van der Waals surface area contributed by atoms with E-state index in [9.17, 15) is 9.59 Å². The van der Waals surface area contributed by atoms with Gasteiger partial charge in [0.05, 0.1) is 20.3 Å². The van der Waals surface area contributed by atoms with E-state index in [1.54, 1.807) is 26.4 Å². The van der Waals surface area contributed by atoms with Gasteiger partial charge in [0, 0.05) is 17.5 Å². The second kappa shape index (κ2) is 11.5. The standard InChI is InChI=1S/C34H31NO7/c1-39-23-16-21-12-11-20-15-22(41-19-31(36)37)13-14-24(20)33(32(21)30(17-23)40-2)35-34(38)42-18-29-27-9-5-3-7-25(27)26-8-4-6-10-28(26)29/h3-10,13-17,29,33H,11-12,18-19H2,1-2H3,(H,35,38)(H,36,37)/t33-/m1/s1. The molecule has 0 aliphatic heterocycles. The zero-order chi connectivity index (χ0) is 29.2. The third-order valence-electron chi connectivity index (χ3n) is 8.00. The molecule has 4 aromatic carbocycles. The van der Waals surface area contributed by atoms with Crippen LogP contribution in [0, 0.1) is 0 Å². The average Bonchev–Trinajstić information content (AvgIpc) is 3.25. The van der Waals surface area contributed by atoms with E-state index in [2.05, 4.69) is 29.6 Å². The number of fused-ring (bicyclic) bond motifs is 5. The van der Waals surface area contributed by atoms with E-state index in [-0.39, 0.29) is 12.5 Å². The van der Waals surface area contributed by atoms with Crippen LogP contribution in [-0.2, 0) is 22.4 Å². The number of methoxy groups -OCH3 is 2. The van der Waals surface area contributed by atoms with Crippen LogP contribution in [-0.4, -0.2) is 44.6 Å². The molecule has 0 fully saturated rings. The van der Waals surface area contributed by atoms with E-state index in [1.165, 1.54) is 0 Å². The van der Waals surface area contributed by atoms with Gasteiger partial charge in [0.25, 0.3) is 0 Å². The molecule has 8 heteroatoms. The molecule has 42 heavy (non-hydrogen) atoms. The number of alkyl carbamates (subject to hydrolysis) is 1. The lowest BCUT2D eigenvalue weighted by Gasteiger charge is -2.25. The van der Waals surface area contributed by atoms with Gasteiger partial charge in [-0.1, -0.05) is 54.6 Å². The Kier molecular flexibility index (Phi) is 7.44. The van der Waals surface area contributed by atoms with E-state index >= 15 is 0 Å². The highest BCUT2D eigenvalue weighted by molar-refractivity contribution is 5.79. The summed E-state index contributed by atoms with van der Waals surface area (Å²) in [5, 5.41) is 12.2. The van der Waals surface area contributed by atoms with Gasteiger partial charge in [-0.15, -0.1) is 0 Å². The molecule has 0 saturated carbocycles. The van der Waals surface area contributed by atoms with Crippen molar-refractivity contribution >= 4 is 12.1 Å². The summed E-state index contributed by atoms with van der Waals surface area (Å²) < 4.78 is 22.7. The molecule has 2 N–H and O–H groups in total. The number of hydrogen-bond acceptors (Lipinski definition) is 6. The maximum absolute atomic E-state index is 13.5. The summed E-state index contributed by atoms with van der Waals surface area (Å²) in [6, 6.07) is 25.0. The molecular formula is C34H31NO7. The fraction of sp³-hybridized carbons (Fsp3) is 0.235. The summed E-state index contributed by atoms with van der Waals surface area (Å²) in [7, 11) is 3.19. The lowest BCUT2D eigenvalue weighted by Crippen LogP contribution is -2.32. The minimum atomic E-state index is -1.05. The highest BCUT2D eigenvalue weighted by atomic mass is 16.5. The maximum atomic E-state index is 13.5. The first-order chi connectivity index (χ1) is 20.5. The topological polar surface area (TPSA) is 103 Å². The second-order valence-corrected chi connectivity index (χ2v) is 10.3. The van der Waals surface area contributed by atoms with E-state index in [0.29, 0.717) is 30.1 Å². The monoisotopic (exact) mass is 565 g/mol. The molecule has 0 aromatic heterocycles. The van der Waals surface area contributed by atoms with Crippen molar-refractivity contribution in [2.75, 3.05) is 27.4 Å². The van der Waals surface area contributed by atoms with Crippen molar-refractivity contribution in [3.05, 3.63) is 112 Å². The number of ether oxygens (including phenoxy) is 4. The minimum Gasteiger partial charge on any atom is -0.497 e. The predicted octanol–water partition coefficient (Wildman–Crippen LogP) is 5.89. The Morgan fingerprint density at radius 2 is 1.48 bits per heavy atom. The molecule has 0 heterocycles. The molecule has 214 valence electrons. The normalized spacial score (nSPS) is 14.9. The van der Waals surface area contributed by atoms with Crippen molar-refractivity contribution in [3.8, 4) is 28.4 Å². The minimum absolute atomic E-state index is 0.0652. The average molecular weight is 566 g/mol. The zero-order valence-corrected chi connectivity index (χ0v) is 23.4. The summed E-state index contributed by atoms with van der Waals surface area (Å²) in [6.45, 7) is -0.251. The summed E-state index contributed by atoms with van der Waals surface area (Å²) in [5.41, 5.74) is 8.18. The van der Waals surface area contributed by atoms with Gasteiger partial charge in [0.2, 0.25) is 0 Å². The maximum Gasteiger partial charge on any atom is 0.407 e. The highest BCUT2D eigenvalue weighted by Crippen LogP contribution is 2.45. The molecule has 2 aliphatic rings. The SMILES string of the molecule is COc1cc2c(c(OC)c1)[C@H](NC(=O)OCC1c3ccccc3-c3ccccc31)c1ccc(OCC(=O)O)cc1CC2. The number of amides is 1. The Balaban J connectivity index is 1.31. The smallest absolute Gasteiger partial charge is 0.407 e. The third kappa shape index (κ3) is 5.11. The lowest BCUT2D eigenvalue weighted by atomic mass is 9.93. The number of rotatable bonds is 8. The first kappa shape index (κ1) is 27.2. The number of hydrogen-bond donors (Lipinski definition) is 2. The Hall–Kier alpha value is -4.98. The molecule has 8 nitrogen and oxygen atoms in total. The molecule has 1 amide bonds. The number of carboxylic acids is 1. The van der Waals surface area contributed by atoms with Crippen LogP contribution in [0.2, 0.25) is 0 Å². The molecule has 4 aromatic rings. The number of aryl methyl sites for hydroxylation is 2. The van der Waals surface area contributed by atoms with E-state index in [1.807, 2.05) is 42.5 Å². The first-order valence-corrected chi connectivity index (χ1v) is 13.8. The van der Waals surface area contributed by atoms with Crippen LogP contribution in [0.25, 0.3) is 11.1 Å². The van der Waals surface area contributed by atoms with E-state index < -0.39 is 24.7 Å². The highest BCUT2D eigenvalue weighted by Gasteiger charge is 2.32. The Bertz CT molecular complexity index is 1620. The first-order valence-electron chi connectivity index (χ1n) is 13.8. The van der Waals surface area contributed by atoms with Crippen molar-refractivity contribution < 1.29 is 33.6 Å². The Labute approximate surface area is 243 Å². The van der Waals surface area contributed by atoms with Crippen LogP contribution in [0.5, 0.6) is 17.2 Å². The van der Waals surface area contributed by atoms with Crippen molar-refractivity contribution in [1.29, 1.82) is 0 Å². The fourth-order valence-corrected chi connectivity index (χ4v) is 6.13. The number of aliphatic carboxylic acids is 1. The molecule has 0 radical (unpaired) electrons. The molecule has 1 atom stereocenters. The molecule has 2 aliphatic carbocycles. The predicted molar refractivity (Wildman–Crippen MR) is 157 cm³/mol. The summed E-state index contributed by atoms with van der Waals surface area (Å²) >= 11 is 0. The van der Waals surface area contributed by atoms with Gasteiger partial charge in [-0.3, -0.25) is 0 Å². The van der Waals surface area contributed by atoms with Gasteiger partial charge < -0.3 is 29.4 Å². The molecular weight excluding hydrogens is 534 g/mol. The number of benzene rings is 4. The molecule has 0 spiro atoms. The van der Waals surface area contributed by atoms with Crippen molar-refractivity contribution in [2.45, 2.75) is 24.8 Å². The largest absolute Gasteiger partial charge is 0.497 e. The number of carboxylic acid groups (broad SMARTS) is 1. The fourth-order valence-electron chi connectivity index (χ4n) is 6.13. The van der Waals surface area contributed by atoms with Crippen molar-refractivity contribution in [3.63, 3.8) is 0 Å². The number of carbonyl (C=O) groups is 2. The van der Waals surface area contributed by atoms with Crippen LogP contribution in [0.3, 0.4) is 0 Å². The molecule has 0 saturated heterocycles. The van der Waals surface area contributed by atoms with Crippen LogP contribution in [0.1, 0.15) is 45.3 Å². The van der Waals surface area contributed by atoms with E-state index in [0.717, 1.165) is 44.5 Å². The lowest BCUT2D eigenvalue weighted by molar-refractivity contribution is -0.139. The zero-order valence-electron chi connectivity index (χ0n) is 23.4. The van der Waals surface area contributed by atoms with Crippen molar-refractivity contribution in [1.82, 2.24) is 5.32 Å². The summed E-state index contributed by atoms with van der Waals surface area (Å²) in [5.74, 6) is 0.578. The van der Waals surface area contributed by atoms with Crippen LogP contribution in [0.15, 0.2) is 78.9 Å². The Morgan fingerprint density at radius 3 is 2.14 bits per heavy atom. The van der Waals surface area contributed by atoms with Crippen LogP contribution < -0.4 is 19.5 Å². The van der Waals surface area contributed by atoms with Crippen LogP contribution in [0.4, 0.5) is 4.79 Å². The van der Waals surface area contributed by atoms with E-state index in [4.69, 9.17) is 24.1 Å². The van der Waals surface area contributed by atoms with Gasteiger partial charge in [0.1, 0.15) is 23.9 Å². The van der Waals surface area contributed by atoms with Gasteiger partial charge in [-0.05, 0) is 70.0 Å². The Morgan fingerprint density at radius 1 is 0.810 bits per heavy atom. The van der Waals surface area contributed by atoms with Gasteiger partial charge in [-0.2, -0.15) is 0 Å². The van der Waals surface area contributed by atoms with Gasteiger partial charge >= 0.3 is 12.1 Å².